The molecule has 1 heterocycles. The van der Waals surface area contributed by atoms with Crippen molar-refractivity contribution in [3.8, 4) is 0 Å². The summed E-state index contributed by atoms with van der Waals surface area (Å²) in [4.78, 5) is 28.0. The number of amides is 2. The second-order valence-corrected chi connectivity index (χ2v) is 6.71. The molecule has 3 rings (SSSR count). The van der Waals surface area contributed by atoms with E-state index in [1.165, 1.54) is 11.3 Å². The van der Waals surface area contributed by atoms with Gasteiger partial charge in [-0.05, 0) is 37.0 Å². The average Bonchev–Trinajstić information content (AvgIpc) is 3.21. The number of benzene rings is 1. The normalized spacial score (nSPS) is 13.6. The van der Waals surface area contributed by atoms with Crippen molar-refractivity contribution in [3.05, 3.63) is 50.9 Å². The first-order valence-corrected chi connectivity index (χ1v) is 8.66. The van der Waals surface area contributed by atoms with Crippen molar-refractivity contribution in [2.24, 2.45) is 0 Å². The number of halogens is 1. The van der Waals surface area contributed by atoms with E-state index in [0.717, 1.165) is 18.4 Å². The molecule has 7 heteroatoms. The lowest BCUT2D eigenvalue weighted by molar-refractivity contribution is 0.0948. The van der Waals surface area contributed by atoms with E-state index in [2.05, 4.69) is 15.6 Å². The van der Waals surface area contributed by atoms with Gasteiger partial charge < -0.3 is 10.6 Å². The van der Waals surface area contributed by atoms with Gasteiger partial charge in [-0.1, -0.05) is 23.7 Å². The predicted octanol–water partition coefficient (Wildman–Crippen LogP) is 2.66. The molecule has 1 aliphatic rings. The van der Waals surface area contributed by atoms with Crippen LogP contribution >= 0.6 is 22.9 Å². The van der Waals surface area contributed by atoms with E-state index in [-0.39, 0.29) is 23.6 Å². The number of carbonyl (C=O) groups excluding carboxylic acids is 2. The van der Waals surface area contributed by atoms with E-state index >= 15 is 0 Å². The van der Waals surface area contributed by atoms with Gasteiger partial charge in [0.25, 0.3) is 11.8 Å². The van der Waals surface area contributed by atoms with Gasteiger partial charge in [0.1, 0.15) is 5.69 Å². The van der Waals surface area contributed by atoms with Crippen LogP contribution in [-0.2, 0) is 6.42 Å². The Kier molecular flexibility index (Phi) is 4.93. The van der Waals surface area contributed by atoms with Crippen LogP contribution in [0.4, 0.5) is 0 Å². The summed E-state index contributed by atoms with van der Waals surface area (Å²) >= 11 is 7.02. The topological polar surface area (TPSA) is 71.1 Å². The lowest BCUT2D eigenvalue weighted by Gasteiger charge is -2.04. The van der Waals surface area contributed by atoms with Gasteiger partial charge in [-0.15, -0.1) is 11.3 Å². The van der Waals surface area contributed by atoms with E-state index in [1.807, 2.05) is 24.3 Å². The van der Waals surface area contributed by atoms with Gasteiger partial charge in [0.05, 0.1) is 0 Å². The third-order valence-corrected chi connectivity index (χ3v) is 4.55. The maximum Gasteiger partial charge on any atom is 0.280 e. The van der Waals surface area contributed by atoms with Crippen molar-refractivity contribution >= 4 is 34.8 Å². The highest BCUT2D eigenvalue weighted by Crippen LogP contribution is 2.20. The van der Waals surface area contributed by atoms with E-state index in [0.29, 0.717) is 23.0 Å². The van der Waals surface area contributed by atoms with Crippen molar-refractivity contribution < 1.29 is 9.59 Å². The van der Waals surface area contributed by atoms with Gasteiger partial charge in [-0.25, -0.2) is 4.98 Å². The molecule has 120 valence electrons. The zero-order chi connectivity index (χ0) is 16.2. The molecule has 2 aromatic rings. The fraction of sp³-hybridized carbons (Fsp3) is 0.312. The molecule has 0 saturated heterocycles. The first kappa shape index (κ1) is 16.0. The van der Waals surface area contributed by atoms with Crippen LogP contribution in [0.2, 0.25) is 5.02 Å². The molecule has 0 bridgehead atoms. The average molecular weight is 350 g/mol. The molecule has 23 heavy (non-hydrogen) atoms. The standard InChI is InChI=1S/C16H16ClN3O2S/c17-11-3-1-10(2-4-11)7-8-18-14(21)13-9-23-16(20-13)15(22)19-12-5-6-12/h1-4,9,12H,5-8H2,(H,18,21)(H,19,22). The van der Waals surface area contributed by atoms with Gasteiger partial charge in [0, 0.05) is 23.0 Å². The van der Waals surface area contributed by atoms with Crippen LogP contribution in [-0.4, -0.2) is 29.4 Å². The Hall–Kier alpha value is -1.92. The van der Waals surface area contributed by atoms with Crippen LogP contribution in [0.1, 0.15) is 38.7 Å². The molecule has 1 fully saturated rings. The Bertz CT molecular complexity index is 710. The summed E-state index contributed by atoms with van der Waals surface area (Å²) < 4.78 is 0. The molecule has 0 atom stereocenters. The van der Waals surface area contributed by atoms with E-state index in [9.17, 15) is 9.59 Å². The quantitative estimate of drug-likeness (QED) is 0.842. The molecular weight excluding hydrogens is 334 g/mol. The fourth-order valence-corrected chi connectivity index (χ4v) is 2.85. The van der Waals surface area contributed by atoms with E-state index in [4.69, 9.17) is 11.6 Å². The first-order chi connectivity index (χ1) is 11.1. The molecule has 0 unspecified atom stereocenters. The summed E-state index contributed by atoms with van der Waals surface area (Å²) in [5, 5.41) is 8.30. The minimum absolute atomic E-state index is 0.197. The SMILES string of the molecule is O=C(NCCc1ccc(Cl)cc1)c1csc(C(=O)NC2CC2)n1. The van der Waals surface area contributed by atoms with Crippen LogP contribution in [0, 0.1) is 0 Å². The van der Waals surface area contributed by atoms with Crippen LogP contribution in [0.15, 0.2) is 29.6 Å². The van der Waals surface area contributed by atoms with E-state index < -0.39 is 0 Å². The van der Waals surface area contributed by atoms with Crippen LogP contribution in [0.3, 0.4) is 0 Å². The molecule has 2 N–H and O–H groups in total. The number of aromatic nitrogens is 1. The largest absolute Gasteiger partial charge is 0.350 e. The van der Waals surface area contributed by atoms with Gasteiger partial charge in [0.15, 0.2) is 5.01 Å². The Labute approximate surface area is 143 Å². The Morgan fingerprint density at radius 2 is 1.96 bits per heavy atom. The minimum atomic E-state index is -0.263. The van der Waals surface area contributed by atoms with Crippen LogP contribution < -0.4 is 10.6 Å². The minimum Gasteiger partial charge on any atom is -0.350 e. The monoisotopic (exact) mass is 349 g/mol. The van der Waals surface area contributed by atoms with Gasteiger partial charge in [-0.2, -0.15) is 0 Å². The summed E-state index contributed by atoms with van der Waals surface area (Å²) in [7, 11) is 0. The van der Waals surface area contributed by atoms with Crippen molar-refractivity contribution in [2.45, 2.75) is 25.3 Å². The summed E-state index contributed by atoms with van der Waals surface area (Å²) in [6.07, 6.45) is 2.76. The number of hydrogen-bond donors (Lipinski definition) is 2. The lowest BCUT2D eigenvalue weighted by atomic mass is 10.1. The third-order valence-electron chi connectivity index (χ3n) is 3.46. The summed E-state index contributed by atoms with van der Waals surface area (Å²) in [6.45, 7) is 0.502. The highest BCUT2D eigenvalue weighted by Gasteiger charge is 2.25. The molecule has 0 aliphatic heterocycles. The molecular formula is C16H16ClN3O2S. The van der Waals surface area contributed by atoms with Crippen LogP contribution in [0.5, 0.6) is 0 Å². The number of rotatable bonds is 6. The summed E-state index contributed by atoms with van der Waals surface area (Å²) in [6, 6.07) is 7.78. The Morgan fingerprint density at radius 1 is 1.22 bits per heavy atom. The van der Waals surface area contributed by atoms with Crippen LogP contribution in [0.25, 0.3) is 0 Å². The molecule has 1 aromatic carbocycles. The highest BCUT2D eigenvalue weighted by molar-refractivity contribution is 7.11. The number of carbonyl (C=O) groups is 2. The number of nitrogens with one attached hydrogen (secondary N) is 2. The number of thiazole rings is 1. The zero-order valence-corrected chi connectivity index (χ0v) is 13.9. The molecule has 1 aromatic heterocycles. The second-order valence-electron chi connectivity index (χ2n) is 5.42. The van der Waals surface area contributed by atoms with Crippen molar-refractivity contribution in [3.63, 3.8) is 0 Å². The number of nitrogens with zero attached hydrogens (tertiary/aromatic N) is 1. The van der Waals surface area contributed by atoms with Crippen molar-refractivity contribution in [1.82, 2.24) is 15.6 Å². The molecule has 2 amide bonds. The first-order valence-electron chi connectivity index (χ1n) is 7.41. The summed E-state index contributed by atoms with van der Waals surface area (Å²) in [5.41, 5.74) is 1.38. The zero-order valence-electron chi connectivity index (χ0n) is 12.3. The van der Waals surface area contributed by atoms with Crippen molar-refractivity contribution in [1.29, 1.82) is 0 Å². The molecule has 0 radical (unpaired) electrons. The van der Waals surface area contributed by atoms with Gasteiger partial charge in [0.2, 0.25) is 0 Å². The Balaban J connectivity index is 1.48. The fourth-order valence-electron chi connectivity index (χ4n) is 2.02. The third kappa shape index (κ3) is 4.53. The highest BCUT2D eigenvalue weighted by atomic mass is 35.5. The van der Waals surface area contributed by atoms with Gasteiger partial charge in [-0.3, -0.25) is 9.59 Å². The second kappa shape index (κ2) is 7.10. The van der Waals surface area contributed by atoms with Crippen molar-refractivity contribution in [2.75, 3.05) is 6.54 Å². The molecule has 0 spiro atoms. The summed E-state index contributed by atoms with van der Waals surface area (Å²) in [5.74, 6) is -0.460. The Morgan fingerprint density at radius 3 is 2.65 bits per heavy atom. The maximum absolute atomic E-state index is 12.0. The van der Waals surface area contributed by atoms with E-state index in [1.54, 1.807) is 5.38 Å². The lowest BCUT2D eigenvalue weighted by Crippen LogP contribution is -2.27. The smallest absolute Gasteiger partial charge is 0.280 e. The molecule has 1 saturated carbocycles. The van der Waals surface area contributed by atoms with Gasteiger partial charge >= 0.3 is 0 Å². The predicted molar refractivity (Wildman–Crippen MR) is 90.1 cm³/mol. The number of hydrogen-bond acceptors (Lipinski definition) is 4. The molecule has 5 nitrogen and oxygen atoms in total. The maximum atomic E-state index is 12.0. The molecule has 1 aliphatic carbocycles.